The molecule has 1 heterocycles. The van der Waals surface area contributed by atoms with Crippen LogP contribution in [0.3, 0.4) is 0 Å². The summed E-state index contributed by atoms with van der Waals surface area (Å²) in [6, 6.07) is 0.393. The Morgan fingerprint density at radius 3 is 2.87 bits per heavy atom. The predicted molar refractivity (Wildman–Crippen MR) is 63.9 cm³/mol. The van der Waals surface area contributed by atoms with E-state index in [4.69, 9.17) is 0 Å². The van der Waals surface area contributed by atoms with E-state index in [0.29, 0.717) is 11.9 Å². The van der Waals surface area contributed by atoms with E-state index >= 15 is 0 Å². The molecule has 86 valence electrons. The molecule has 1 saturated heterocycles. The lowest BCUT2D eigenvalue weighted by Gasteiger charge is -2.23. The van der Waals surface area contributed by atoms with Crippen LogP contribution in [0.4, 0.5) is 0 Å². The minimum Gasteiger partial charge on any atom is -0.326 e. The van der Waals surface area contributed by atoms with Crippen molar-refractivity contribution in [3.8, 4) is 0 Å². The SMILES string of the molecule is CCSCCC(C)N1CNC2(CC2)C1=O. The normalized spacial score (nSPS) is 24.9. The van der Waals surface area contributed by atoms with Gasteiger partial charge < -0.3 is 4.90 Å². The molecule has 1 aliphatic heterocycles. The molecular formula is C11H20N2OS. The first-order chi connectivity index (χ1) is 7.19. The zero-order valence-corrected chi connectivity index (χ0v) is 10.4. The molecule has 1 unspecified atom stereocenters. The number of carbonyl (C=O) groups is 1. The highest BCUT2D eigenvalue weighted by atomic mass is 32.2. The van der Waals surface area contributed by atoms with Crippen LogP contribution >= 0.6 is 11.8 Å². The summed E-state index contributed by atoms with van der Waals surface area (Å²) in [6.07, 6.45) is 3.19. The third kappa shape index (κ3) is 2.16. The van der Waals surface area contributed by atoms with Crippen molar-refractivity contribution in [1.29, 1.82) is 0 Å². The maximum absolute atomic E-state index is 12.0. The molecule has 1 spiro atoms. The molecule has 0 radical (unpaired) electrons. The molecule has 1 atom stereocenters. The monoisotopic (exact) mass is 228 g/mol. The highest BCUT2D eigenvalue weighted by Crippen LogP contribution is 2.40. The Labute approximate surface area is 96.0 Å². The Kier molecular flexibility index (Phi) is 3.26. The lowest BCUT2D eigenvalue weighted by Crippen LogP contribution is -2.38. The zero-order valence-electron chi connectivity index (χ0n) is 9.58. The van der Waals surface area contributed by atoms with Gasteiger partial charge in [-0.2, -0.15) is 11.8 Å². The number of rotatable bonds is 5. The van der Waals surface area contributed by atoms with E-state index in [1.165, 1.54) is 5.75 Å². The average Bonchev–Trinajstić information content (AvgIpc) is 2.92. The van der Waals surface area contributed by atoms with Crippen LogP contribution in [-0.4, -0.2) is 40.6 Å². The molecule has 0 aromatic rings. The second kappa shape index (κ2) is 4.34. The molecule has 3 nitrogen and oxygen atoms in total. The van der Waals surface area contributed by atoms with Gasteiger partial charge in [-0.3, -0.25) is 10.1 Å². The lowest BCUT2D eigenvalue weighted by atomic mass is 10.2. The number of hydrogen-bond donors (Lipinski definition) is 1. The second-order valence-corrected chi connectivity index (χ2v) is 5.92. The van der Waals surface area contributed by atoms with Gasteiger partial charge in [-0.15, -0.1) is 0 Å². The van der Waals surface area contributed by atoms with Crippen LogP contribution in [0.5, 0.6) is 0 Å². The van der Waals surface area contributed by atoms with E-state index in [9.17, 15) is 4.79 Å². The fourth-order valence-electron chi connectivity index (χ4n) is 2.08. The number of amides is 1. The molecule has 1 aliphatic carbocycles. The van der Waals surface area contributed by atoms with E-state index in [1.807, 2.05) is 16.7 Å². The summed E-state index contributed by atoms with van der Waals surface area (Å²) in [5, 5.41) is 3.35. The van der Waals surface area contributed by atoms with Crippen molar-refractivity contribution in [2.24, 2.45) is 0 Å². The molecule has 0 aromatic heterocycles. The summed E-state index contributed by atoms with van der Waals surface area (Å²) >= 11 is 1.95. The maximum Gasteiger partial charge on any atom is 0.244 e. The van der Waals surface area contributed by atoms with Crippen molar-refractivity contribution in [1.82, 2.24) is 10.2 Å². The quantitative estimate of drug-likeness (QED) is 0.723. The smallest absolute Gasteiger partial charge is 0.244 e. The summed E-state index contributed by atoms with van der Waals surface area (Å²) in [7, 11) is 0. The van der Waals surface area contributed by atoms with E-state index < -0.39 is 0 Å². The number of nitrogens with zero attached hydrogens (tertiary/aromatic N) is 1. The molecule has 4 heteroatoms. The van der Waals surface area contributed by atoms with Gasteiger partial charge in [-0.05, 0) is 37.7 Å². The Bertz CT molecular complexity index is 253. The minimum atomic E-state index is -0.119. The van der Waals surface area contributed by atoms with Gasteiger partial charge in [0.05, 0.1) is 12.2 Å². The van der Waals surface area contributed by atoms with Crippen LogP contribution in [0.25, 0.3) is 0 Å². The molecule has 2 rings (SSSR count). The van der Waals surface area contributed by atoms with Crippen LogP contribution in [0, 0.1) is 0 Å². The summed E-state index contributed by atoms with van der Waals surface area (Å²) < 4.78 is 0. The fraction of sp³-hybridized carbons (Fsp3) is 0.909. The van der Waals surface area contributed by atoms with E-state index in [-0.39, 0.29) is 5.54 Å². The molecule has 2 fully saturated rings. The van der Waals surface area contributed by atoms with Crippen molar-refractivity contribution in [3.05, 3.63) is 0 Å². The molecule has 1 saturated carbocycles. The summed E-state index contributed by atoms with van der Waals surface area (Å²) in [4.78, 5) is 14.0. The van der Waals surface area contributed by atoms with Crippen LogP contribution < -0.4 is 5.32 Å². The van der Waals surface area contributed by atoms with Crippen LogP contribution in [0.15, 0.2) is 0 Å². The van der Waals surface area contributed by atoms with E-state index in [1.54, 1.807) is 0 Å². The van der Waals surface area contributed by atoms with Gasteiger partial charge in [-0.1, -0.05) is 6.92 Å². The fourth-order valence-corrected chi connectivity index (χ4v) is 2.88. The van der Waals surface area contributed by atoms with Crippen LogP contribution in [-0.2, 0) is 4.79 Å². The number of carbonyl (C=O) groups excluding carboxylic acids is 1. The number of hydrogen-bond acceptors (Lipinski definition) is 3. The average molecular weight is 228 g/mol. The van der Waals surface area contributed by atoms with Crippen molar-refractivity contribution >= 4 is 17.7 Å². The number of nitrogens with one attached hydrogen (secondary N) is 1. The van der Waals surface area contributed by atoms with E-state index in [0.717, 1.165) is 31.7 Å². The largest absolute Gasteiger partial charge is 0.326 e. The second-order valence-electron chi connectivity index (χ2n) is 4.53. The van der Waals surface area contributed by atoms with Crippen LogP contribution in [0.2, 0.25) is 0 Å². The Hall–Kier alpha value is -0.220. The van der Waals surface area contributed by atoms with Gasteiger partial charge in [0.25, 0.3) is 0 Å². The van der Waals surface area contributed by atoms with Gasteiger partial charge in [-0.25, -0.2) is 0 Å². The van der Waals surface area contributed by atoms with Crippen molar-refractivity contribution < 1.29 is 4.79 Å². The van der Waals surface area contributed by atoms with Gasteiger partial charge in [0.2, 0.25) is 5.91 Å². The highest BCUT2D eigenvalue weighted by molar-refractivity contribution is 7.99. The van der Waals surface area contributed by atoms with Crippen molar-refractivity contribution in [3.63, 3.8) is 0 Å². The van der Waals surface area contributed by atoms with Gasteiger partial charge >= 0.3 is 0 Å². The third-order valence-electron chi connectivity index (χ3n) is 3.42. The number of thioether (sulfide) groups is 1. The molecule has 15 heavy (non-hydrogen) atoms. The standard InChI is InChI=1S/C11H20N2OS/c1-3-15-7-4-9(2)13-8-12-11(5-6-11)10(13)14/h9,12H,3-8H2,1-2H3. The van der Waals surface area contributed by atoms with Crippen molar-refractivity contribution in [2.75, 3.05) is 18.2 Å². The van der Waals surface area contributed by atoms with Gasteiger partial charge in [0, 0.05) is 6.04 Å². The summed E-state index contributed by atoms with van der Waals surface area (Å²) in [6.45, 7) is 5.10. The van der Waals surface area contributed by atoms with Gasteiger partial charge in [0.1, 0.15) is 0 Å². The highest BCUT2D eigenvalue weighted by Gasteiger charge is 2.56. The maximum atomic E-state index is 12.0. The van der Waals surface area contributed by atoms with Crippen molar-refractivity contribution in [2.45, 2.75) is 44.7 Å². The van der Waals surface area contributed by atoms with Gasteiger partial charge in [0.15, 0.2) is 0 Å². The third-order valence-corrected chi connectivity index (χ3v) is 4.36. The minimum absolute atomic E-state index is 0.119. The molecule has 0 bridgehead atoms. The first kappa shape index (κ1) is 11.3. The molecule has 0 aromatic carbocycles. The summed E-state index contributed by atoms with van der Waals surface area (Å²) in [5.41, 5.74) is -0.119. The first-order valence-corrected chi connectivity index (χ1v) is 6.99. The molecule has 1 N–H and O–H groups in total. The first-order valence-electron chi connectivity index (χ1n) is 5.83. The topological polar surface area (TPSA) is 32.3 Å². The lowest BCUT2D eigenvalue weighted by molar-refractivity contribution is -0.131. The Morgan fingerprint density at radius 1 is 1.60 bits per heavy atom. The Morgan fingerprint density at radius 2 is 2.33 bits per heavy atom. The molecule has 2 aliphatic rings. The zero-order chi connectivity index (χ0) is 10.9. The van der Waals surface area contributed by atoms with Crippen LogP contribution in [0.1, 0.15) is 33.1 Å². The Balaban J connectivity index is 1.81. The summed E-state index contributed by atoms with van der Waals surface area (Å²) in [5.74, 6) is 2.67. The van der Waals surface area contributed by atoms with E-state index in [2.05, 4.69) is 19.2 Å². The predicted octanol–water partition coefficient (Wildman–Crippen LogP) is 1.44. The molecule has 1 amide bonds. The molecular weight excluding hydrogens is 208 g/mol.